The average molecular weight is 492 g/mol. The second-order valence-electron chi connectivity index (χ2n) is 7.06. The lowest BCUT2D eigenvalue weighted by Gasteiger charge is -2.13. The summed E-state index contributed by atoms with van der Waals surface area (Å²) in [6, 6.07) is 20.9. The van der Waals surface area contributed by atoms with Gasteiger partial charge in [-0.15, -0.1) is 0 Å². The molecular formula is C25H22BrN3O3. The second-order valence-corrected chi connectivity index (χ2v) is 7.97. The number of hydrogen-bond donors (Lipinski definition) is 0. The van der Waals surface area contributed by atoms with Crippen LogP contribution in [0.15, 0.2) is 81.1 Å². The van der Waals surface area contributed by atoms with Crippen LogP contribution in [0, 0.1) is 0 Å². The molecule has 4 aromatic rings. The second kappa shape index (κ2) is 9.78. The third-order valence-corrected chi connectivity index (χ3v) is 5.45. The van der Waals surface area contributed by atoms with Gasteiger partial charge in [-0.2, -0.15) is 9.78 Å². The van der Waals surface area contributed by atoms with Crippen molar-refractivity contribution < 1.29 is 9.47 Å². The fourth-order valence-corrected chi connectivity index (χ4v) is 3.70. The summed E-state index contributed by atoms with van der Waals surface area (Å²) in [6.07, 6.45) is 2.17. The summed E-state index contributed by atoms with van der Waals surface area (Å²) < 4.78 is 13.7. The molecule has 0 bridgehead atoms. The predicted octanol–water partition coefficient (Wildman–Crippen LogP) is 5.19. The van der Waals surface area contributed by atoms with Crippen LogP contribution >= 0.6 is 15.9 Å². The Bertz CT molecular complexity index is 1330. The van der Waals surface area contributed by atoms with Crippen molar-refractivity contribution in [2.24, 2.45) is 5.10 Å². The molecule has 162 valence electrons. The van der Waals surface area contributed by atoms with E-state index in [9.17, 15) is 4.79 Å². The minimum Gasteiger partial charge on any atom is -0.493 e. The normalized spacial score (nSPS) is 11.2. The standard InChI is InChI=1S/C25H22BrN3O3/c1-3-23-28-21-13-12-19(26)14-20(21)25(30)29(23)27-15-18-10-7-11-22(31-2)24(18)32-16-17-8-5-4-6-9-17/h4-15H,3,16H2,1-2H3. The molecule has 0 fully saturated rings. The third-order valence-electron chi connectivity index (χ3n) is 4.96. The van der Waals surface area contributed by atoms with Crippen molar-refractivity contribution in [3.63, 3.8) is 0 Å². The molecule has 0 unspecified atom stereocenters. The van der Waals surface area contributed by atoms with Crippen LogP contribution in [0.25, 0.3) is 10.9 Å². The van der Waals surface area contributed by atoms with Gasteiger partial charge < -0.3 is 9.47 Å². The number of nitrogens with zero attached hydrogens (tertiary/aromatic N) is 3. The van der Waals surface area contributed by atoms with Gasteiger partial charge in [-0.1, -0.05) is 59.3 Å². The molecule has 0 saturated heterocycles. The molecule has 0 spiro atoms. The molecule has 0 aliphatic rings. The first-order valence-corrected chi connectivity index (χ1v) is 11.0. The van der Waals surface area contributed by atoms with Crippen LogP contribution in [0.5, 0.6) is 11.5 Å². The molecular weight excluding hydrogens is 470 g/mol. The fourth-order valence-electron chi connectivity index (χ4n) is 3.34. The highest BCUT2D eigenvalue weighted by Gasteiger charge is 2.12. The maximum Gasteiger partial charge on any atom is 0.282 e. The maximum absolute atomic E-state index is 13.1. The van der Waals surface area contributed by atoms with Crippen molar-refractivity contribution >= 4 is 33.0 Å². The number of benzene rings is 3. The van der Waals surface area contributed by atoms with E-state index in [-0.39, 0.29) is 5.56 Å². The predicted molar refractivity (Wildman–Crippen MR) is 130 cm³/mol. The first-order valence-electron chi connectivity index (χ1n) is 10.2. The lowest BCUT2D eigenvalue weighted by molar-refractivity contribution is 0.284. The molecule has 1 aromatic heterocycles. The Morgan fingerprint density at radius 1 is 1.09 bits per heavy atom. The molecule has 0 aliphatic carbocycles. The van der Waals surface area contributed by atoms with Gasteiger partial charge in [0.25, 0.3) is 5.56 Å². The molecule has 4 rings (SSSR count). The lowest BCUT2D eigenvalue weighted by Crippen LogP contribution is -2.22. The number of hydrogen-bond acceptors (Lipinski definition) is 5. The smallest absolute Gasteiger partial charge is 0.282 e. The molecule has 1 heterocycles. The first kappa shape index (κ1) is 21.8. The number of ether oxygens (including phenoxy) is 2. The van der Waals surface area contributed by atoms with Gasteiger partial charge in [-0.05, 0) is 35.9 Å². The zero-order valence-corrected chi connectivity index (χ0v) is 19.4. The van der Waals surface area contributed by atoms with Crippen LogP contribution in [0.4, 0.5) is 0 Å². The van der Waals surface area contributed by atoms with Gasteiger partial charge in [0.15, 0.2) is 11.5 Å². The van der Waals surface area contributed by atoms with Crippen LogP contribution < -0.4 is 15.0 Å². The number of methoxy groups -OCH3 is 1. The summed E-state index contributed by atoms with van der Waals surface area (Å²) in [6.45, 7) is 2.33. The van der Waals surface area contributed by atoms with E-state index >= 15 is 0 Å². The van der Waals surface area contributed by atoms with Gasteiger partial charge in [-0.25, -0.2) is 4.98 Å². The highest BCUT2D eigenvalue weighted by molar-refractivity contribution is 9.10. The number of para-hydroxylation sites is 1. The Morgan fingerprint density at radius 3 is 2.66 bits per heavy atom. The van der Waals surface area contributed by atoms with E-state index in [0.29, 0.717) is 46.8 Å². The monoisotopic (exact) mass is 491 g/mol. The summed E-state index contributed by atoms with van der Waals surface area (Å²) >= 11 is 3.42. The topological polar surface area (TPSA) is 65.7 Å². The summed E-state index contributed by atoms with van der Waals surface area (Å²) in [5.74, 6) is 1.73. The molecule has 0 amide bonds. The van der Waals surface area contributed by atoms with Crippen LogP contribution in [-0.2, 0) is 13.0 Å². The van der Waals surface area contributed by atoms with E-state index in [1.807, 2.05) is 67.6 Å². The summed E-state index contributed by atoms with van der Waals surface area (Å²) in [4.78, 5) is 17.7. The van der Waals surface area contributed by atoms with Crippen molar-refractivity contribution in [3.05, 3.63) is 98.5 Å². The van der Waals surface area contributed by atoms with E-state index in [2.05, 4.69) is 26.0 Å². The lowest BCUT2D eigenvalue weighted by atomic mass is 10.2. The molecule has 6 nitrogen and oxygen atoms in total. The van der Waals surface area contributed by atoms with Gasteiger partial charge in [0.1, 0.15) is 12.4 Å². The molecule has 32 heavy (non-hydrogen) atoms. The molecule has 0 aliphatic heterocycles. The van der Waals surface area contributed by atoms with Gasteiger partial charge in [0, 0.05) is 16.5 Å². The molecule has 0 radical (unpaired) electrons. The Morgan fingerprint density at radius 2 is 1.91 bits per heavy atom. The first-order chi connectivity index (χ1) is 15.6. The van der Waals surface area contributed by atoms with E-state index in [0.717, 1.165) is 10.0 Å². The highest BCUT2D eigenvalue weighted by Crippen LogP contribution is 2.31. The molecule has 0 N–H and O–H groups in total. The summed E-state index contributed by atoms with van der Waals surface area (Å²) in [7, 11) is 1.59. The van der Waals surface area contributed by atoms with Crippen molar-refractivity contribution in [1.82, 2.24) is 9.66 Å². The average Bonchev–Trinajstić information content (AvgIpc) is 2.83. The van der Waals surface area contributed by atoms with E-state index in [1.54, 1.807) is 19.4 Å². The van der Waals surface area contributed by atoms with Crippen molar-refractivity contribution in [2.45, 2.75) is 20.0 Å². The maximum atomic E-state index is 13.1. The minimum atomic E-state index is -0.223. The highest BCUT2D eigenvalue weighted by atomic mass is 79.9. The SMILES string of the molecule is CCc1nc2ccc(Br)cc2c(=O)n1N=Cc1cccc(OC)c1OCc1ccccc1. The Balaban J connectivity index is 1.74. The zero-order chi connectivity index (χ0) is 22.5. The van der Waals surface area contributed by atoms with E-state index in [4.69, 9.17) is 9.47 Å². The molecule has 0 atom stereocenters. The van der Waals surface area contributed by atoms with E-state index in [1.165, 1.54) is 4.68 Å². The van der Waals surface area contributed by atoms with Gasteiger partial charge >= 0.3 is 0 Å². The quantitative estimate of drug-likeness (QED) is 0.333. The van der Waals surface area contributed by atoms with Crippen LogP contribution in [-0.4, -0.2) is 23.0 Å². The fraction of sp³-hybridized carbons (Fsp3) is 0.160. The van der Waals surface area contributed by atoms with Crippen LogP contribution in [0.2, 0.25) is 0 Å². The van der Waals surface area contributed by atoms with Gasteiger partial charge in [0.05, 0.1) is 24.2 Å². The van der Waals surface area contributed by atoms with Crippen LogP contribution in [0.1, 0.15) is 23.9 Å². The molecule has 3 aromatic carbocycles. The Kier molecular flexibility index (Phi) is 6.66. The number of aryl methyl sites for hydroxylation is 1. The number of halogens is 1. The van der Waals surface area contributed by atoms with Crippen molar-refractivity contribution in [3.8, 4) is 11.5 Å². The van der Waals surface area contributed by atoms with Crippen LogP contribution in [0.3, 0.4) is 0 Å². The largest absolute Gasteiger partial charge is 0.493 e. The zero-order valence-electron chi connectivity index (χ0n) is 17.8. The number of rotatable bonds is 7. The minimum absolute atomic E-state index is 0.223. The number of aromatic nitrogens is 2. The Hall–Kier alpha value is -3.45. The number of fused-ring (bicyclic) bond motifs is 1. The van der Waals surface area contributed by atoms with Crippen molar-refractivity contribution in [2.75, 3.05) is 7.11 Å². The van der Waals surface area contributed by atoms with Gasteiger partial charge in [-0.3, -0.25) is 4.79 Å². The molecule has 7 heteroatoms. The van der Waals surface area contributed by atoms with Crippen molar-refractivity contribution in [1.29, 1.82) is 0 Å². The summed E-state index contributed by atoms with van der Waals surface area (Å²) in [5.41, 5.74) is 2.16. The third kappa shape index (κ3) is 4.57. The van der Waals surface area contributed by atoms with Gasteiger partial charge in [0.2, 0.25) is 0 Å². The van der Waals surface area contributed by atoms with E-state index < -0.39 is 0 Å². The Labute approximate surface area is 194 Å². The summed E-state index contributed by atoms with van der Waals surface area (Å²) in [5, 5.41) is 4.98. The molecule has 0 saturated carbocycles.